The van der Waals surface area contributed by atoms with Crippen molar-refractivity contribution in [1.82, 2.24) is 5.23 Å². The van der Waals surface area contributed by atoms with Gasteiger partial charge < -0.3 is 19.2 Å². The van der Waals surface area contributed by atoms with Crippen molar-refractivity contribution < 1.29 is 14.0 Å². The van der Waals surface area contributed by atoms with Crippen LogP contribution in [0.3, 0.4) is 0 Å². The average molecular weight is 253 g/mol. The van der Waals surface area contributed by atoms with E-state index in [1.54, 1.807) is 0 Å². The number of hydrogen-bond acceptors (Lipinski definition) is 4. The molecular formula is C12H25B2NO3. The van der Waals surface area contributed by atoms with Crippen LogP contribution in [0, 0.1) is 0 Å². The van der Waals surface area contributed by atoms with Crippen molar-refractivity contribution in [1.29, 1.82) is 0 Å². The summed E-state index contributed by atoms with van der Waals surface area (Å²) in [6.07, 6.45) is 0. The predicted molar refractivity (Wildman–Crippen MR) is 74.2 cm³/mol. The van der Waals surface area contributed by atoms with Gasteiger partial charge in [-0.3, -0.25) is 0 Å². The minimum Gasteiger partial charge on any atom is -0.416 e. The van der Waals surface area contributed by atoms with Crippen LogP contribution in [0.2, 0.25) is 0 Å². The summed E-state index contributed by atoms with van der Waals surface area (Å²) in [6, 6.07) is 0. The lowest BCUT2D eigenvalue weighted by atomic mass is 9.45. The topological polar surface area (TPSA) is 39.7 Å². The van der Waals surface area contributed by atoms with Gasteiger partial charge in [0.05, 0.1) is 16.8 Å². The Morgan fingerprint density at radius 2 is 1.11 bits per heavy atom. The molecule has 18 heavy (non-hydrogen) atoms. The van der Waals surface area contributed by atoms with E-state index in [2.05, 4.69) is 60.6 Å². The Balaban J connectivity index is 2.14. The lowest BCUT2D eigenvalue weighted by molar-refractivity contribution is 0.00578. The van der Waals surface area contributed by atoms with Gasteiger partial charge in [0.15, 0.2) is 0 Å². The van der Waals surface area contributed by atoms with E-state index in [0.717, 1.165) is 0 Å². The molecular weight excluding hydrogens is 228 g/mol. The van der Waals surface area contributed by atoms with Crippen LogP contribution in [0.15, 0.2) is 0 Å². The summed E-state index contributed by atoms with van der Waals surface area (Å²) in [5.41, 5.74) is -0.998. The maximum atomic E-state index is 6.07. The van der Waals surface area contributed by atoms with E-state index in [-0.39, 0.29) is 36.3 Å². The fourth-order valence-electron chi connectivity index (χ4n) is 2.16. The largest absolute Gasteiger partial charge is 0.469 e. The highest BCUT2D eigenvalue weighted by Gasteiger charge is 2.62. The first-order valence-corrected chi connectivity index (χ1v) is 6.69. The average Bonchev–Trinajstić information content (AvgIpc) is 2.45. The Morgan fingerprint density at radius 3 is 1.44 bits per heavy atom. The van der Waals surface area contributed by atoms with E-state index >= 15 is 0 Å². The standard InChI is InChI=1S/C12H25B2NO3/c1-9(2)10(3,4)16-13(15-9)14-17-11(5,6)12(7,8)18-14/h15H,1-8H3. The number of hydrogen-bond donors (Lipinski definition) is 1. The Kier molecular flexibility index (Phi) is 3.00. The van der Waals surface area contributed by atoms with Crippen molar-refractivity contribution in [2.75, 3.05) is 0 Å². The summed E-state index contributed by atoms with van der Waals surface area (Å²) < 4.78 is 18.1. The molecule has 1 N–H and O–H groups in total. The molecule has 102 valence electrons. The SMILES string of the molecule is CC1(C)NB(B2OC(C)(C)C(C)(C)O2)OC1(C)C. The van der Waals surface area contributed by atoms with E-state index in [1.807, 2.05) is 0 Å². The summed E-state index contributed by atoms with van der Waals surface area (Å²) in [5, 5.41) is 3.47. The number of nitrogens with one attached hydrogen (secondary N) is 1. The van der Waals surface area contributed by atoms with Crippen LogP contribution in [0.4, 0.5) is 0 Å². The van der Waals surface area contributed by atoms with Crippen molar-refractivity contribution in [3.05, 3.63) is 0 Å². The second kappa shape index (κ2) is 3.75. The first-order chi connectivity index (χ1) is 7.88. The third-order valence-corrected chi connectivity index (χ3v) is 4.95. The molecule has 2 saturated heterocycles. The molecule has 0 atom stereocenters. The van der Waals surface area contributed by atoms with Gasteiger partial charge in [-0.1, -0.05) is 0 Å². The van der Waals surface area contributed by atoms with Gasteiger partial charge in [-0.05, 0) is 55.4 Å². The fraction of sp³-hybridized carbons (Fsp3) is 1.00. The van der Waals surface area contributed by atoms with Gasteiger partial charge in [0, 0.05) is 5.54 Å². The van der Waals surface area contributed by atoms with Crippen LogP contribution < -0.4 is 5.23 Å². The highest BCUT2D eigenvalue weighted by molar-refractivity contribution is 7.13. The molecule has 2 fully saturated rings. The number of rotatable bonds is 1. The molecule has 2 aliphatic heterocycles. The second-order valence-electron chi connectivity index (χ2n) is 7.44. The van der Waals surface area contributed by atoms with Crippen LogP contribution in [-0.4, -0.2) is 36.3 Å². The quantitative estimate of drug-likeness (QED) is 0.723. The van der Waals surface area contributed by atoms with Crippen molar-refractivity contribution in [3.63, 3.8) is 0 Å². The summed E-state index contributed by atoms with van der Waals surface area (Å²) in [4.78, 5) is 0. The molecule has 0 spiro atoms. The van der Waals surface area contributed by atoms with Crippen molar-refractivity contribution in [2.24, 2.45) is 0 Å². The monoisotopic (exact) mass is 253 g/mol. The Hall–Kier alpha value is -0.0301. The van der Waals surface area contributed by atoms with Gasteiger partial charge in [0.25, 0.3) is 0 Å². The van der Waals surface area contributed by atoms with Crippen LogP contribution in [0.25, 0.3) is 0 Å². The summed E-state index contributed by atoms with van der Waals surface area (Å²) >= 11 is 0. The van der Waals surface area contributed by atoms with Gasteiger partial charge >= 0.3 is 14.0 Å². The maximum absolute atomic E-state index is 6.07. The molecule has 4 nitrogen and oxygen atoms in total. The molecule has 0 aromatic rings. The molecule has 0 saturated carbocycles. The van der Waals surface area contributed by atoms with Crippen LogP contribution in [0.5, 0.6) is 0 Å². The molecule has 0 bridgehead atoms. The fourth-order valence-corrected chi connectivity index (χ4v) is 2.16. The Labute approximate surface area is 111 Å². The van der Waals surface area contributed by atoms with E-state index in [9.17, 15) is 0 Å². The van der Waals surface area contributed by atoms with Gasteiger partial charge in [0.2, 0.25) is 0 Å². The third kappa shape index (κ3) is 2.03. The third-order valence-electron chi connectivity index (χ3n) is 4.95. The van der Waals surface area contributed by atoms with Crippen LogP contribution >= 0.6 is 0 Å². The first kappa shape index (κ1) is 14.4. The minimum atomic E-state index is -0.365. The molecule has 0 aliphatic carbocycles. The Bertz CT molecular complexity index is 289. The van der Waals surface area contributed by atoms with E-state index in [0.29, 0.717) is 0 Å². The smallest absolute Gasteiger partial charge is 0.416 e. The lowest BCUT2D eigenvalue weighted by Crippen LogP contribution is -2.53. The van der Waals surface area contributed by atoms with E-state index < -0.39 is 0 Å². The maximum Gasteiger partial charge on any atom is 0.469 e. The zero-order valence-electron chi connectivity index (χ0n) is 12.9. The molecule has 0 radical (unpaired) electrons. The van der Waals surface area contributed by atoms with Crippen molar-refractivity contribution >= 4 is 14.0 Å². The molecule has 2 rings (SSSR count). The summed E-state index contributed by atoms with van der Waals surface area (Å²) in [5.74, 6) is 0. The van der Waals surface area contributed by atoms with Gasteiger partial charge in [-0.15, -0.1) is 0 Å². The van der Waals surface area contributed by atoms with E-state index in [4.69, 9.17) is 14.0 Å². The molecule has 6 heteroatoms. The lowest BCUT2D eigenvalue weighted by Gasteiger charge is -2.33. The molecule has 2 aliphatic rings. The van der Waals surface area contributed by atoms with Crippen LogP contribution in [-0.2, 0) is 14.0 Å². The van der Waals surface area contributed by atoms with Crippen molar-refractivity contribution in [3.8, 4) is 0 Å². The highest BCUT2D eigenvalue weighted by Crippen LogP contribution is 2.40. The molecule has 0 aromatic carbocycles. The zero-order chi connectivity index (χ0) is 14.0. The van der Waals surface area contributed by atoms with Crippen LogP contribution in [0.1, 0.15) is 55.4 Å². The summed E-state index contributed by atoms with van der Waals surface area (Å²) in [6.45, 7) is 16.4. The molecule has 2 heterocycles. The Morgan fingerprint density at radius 1 is 0.667 bits per heavy atom. The predicted octanol–water partition coefficient (Wildman–Crippen LogP) is 1.82. The van der Waals surface area contributed by atoms with Gasteiger partial charge in [0.1, 0.15) is 0 Å². The summed E-state index contributed by atoms with van der Waals surface area (Å²) in [7, 11) is -0.365. The van der Waals surface area contributed by atoms with Gasteiger partial charge in [-0.25, -0.2) is 0 Å². The van der Waals surface area contributed by atoms with E-state index in [1.165, 1.54) is 0 Å². The molecule has 0 aromatic heterocycles. The normalized spacial score (nSPS) is 32.0. The zero-order valence-corrected chi connectivity index (χ0v) is 12.9. The van der Waals surface area contributed by atoms with Gasteiger partial charge in [-0.2, -0.15) is 0 Å². The molecule has 0 unspecified atom stereocenters. The second-order valence-corrected chi connectivity index (χ2v) is 7.44. The molecule has 0 amide bonds. The highest BCUT2D eigenvalue weighted by atomic mass is 16.7. The van der Waals surface area contributed by atoms with Crippen molar-refractivity contribution in [2.45, 2.75) is 77.7 Å². The minimum absolute atomic E-state index is 0.110. The first-order valence-electron chi connectivity index (χ1n) is 6.69.